The molecular weight excluding hydrogens is 362 g/mol. The molecule has 2 heterocycles. The van der Waals surface area contributed by atoms with Gasteiger partial charge in [0.2, 0.25) is 0 Å². The Balaban J connectivity index is 2.35. The van der Waals surface area contributed by atoms with E-state index in [9.17, 15) is 13.6 Å². The minimum absolute atomic E-state index is 0.0383. The molecule has 8 heteroatoms. The molecule has 0 radical (unpaired) electrons. The highest BCUT2D eigenvalue weighted by atomic mass is 35.5. The Morgan fingerprint density at radius 3 is 2.42 bits per heavy atom. The molecule has 3 rings (SSSR count). The number of aryl methyl sites for hydroxylation is 1. The Bertz CT molecular complexity index is 1010. The van der Waals surface area contributed by atoms with Crippen LogP contribution in [0, 0.1) is 17.6 Å². The van der Waals surface area contributed by atoms with Crippen LogP contribution < -0.4 is 5.56 Å². The summed E-state index contributed by atoms with van der Waals surface area (Å²) < 4.78 is 31.6. The molecule has 0 aliphatic carbocycles. The zero-order valence-electron chi connectivity index (χ0n) is 14.5. The van der Waals surface area contributed by atoms with Crippen LogP contribution in [0.25, 0.3) is 22.6 Å². The largest absolute Gasteiger partial charge is 0.340 e. The Kier molecular flexibility index (Phi) is 4.91. The lowest BCUT2D eigenvalue weighted by Gasteiger charge is -2.18. The van der Waals surface area contributed by atoms with Crippen LogP contribution in [0.1, 0.15) is 13.8 Å². The van der Waals surface area contributed by atoms with Gasteiger partial charge in [-0.25, -0.2) is 18.7 Å². The Morgan fingerprint density at radius 1 is 1.23 bits per heavy atom. The lowest BCUT2D eigenvalue weighted by molar-refractivity contribution is 0.509. The highest BCUT2D eigenvalue weighted by molar-refractivity contribution is 6.32. The molecule has 0 fully saturated rings. The highest BCUT2D eigenvalue weighted by Crippen LogP contribution is 2.31. The summed E-state index contributed by atoms with van der Waals surface area (Å²) >= 11 is 6.29. The fourth-order valence-corrected chi connectivity index (χ4v) is 3.02. The van der Waals surface area contributed by atoms with Gasteiger partial charge in [0.1, 0.15) is 17.3 Å². The van der Waals surface area contributed by atoms with Crippen LogP contribution in [0.2, 0.25) is 5.15 Å². The molecule has 0 bridgehead atoms. The van der Waals surface area contributed by atoms with E-state index in [1.54, 1.807) is 17.8 Å². The molecule has 0 saturated carbocycles. The van der Waals surface area contributed by atoms with Gasteiger partial charge in [0, 0.05) is 19.8 Å². The smallest absolute Gasteiger partial charge is 0.279 e. The lowest BCUT2D eigenvalue weighted by Crippen LogP contribution is -2.27. The zero-order valence-corrected chi connectivity index (χ0v) is 15.3. The topological polar surface area (TPSA) is 52.7 Å². The molecule has 0 N–H and O–H groups in total. The molecular formula is C18H17ClF2N4O. The monoisotopic (exact) mass is 378 g/mol. The number of halogens is 3. The molecule has 0 amide bonds. The number of nitrogens with zero attached hydrogens (tertiary/aromatic N) is 4. The Labute approximate surface area is 153 Å². The molecule has 2 aromatic heterocycles. The first-order chi connectivity index (χ1) is 12.3. The predicted octanol–water partition coefficient (Wildman–Crippen LogP) is 3.90. The van der Waals surface area contributed by atoms with Crippen molar-refractivity contribution in [2.24, 2.45) is 13.0 Å². The van der Waals surface area contributed by atoms with E-state index in [-0.39, 0.29) is 34.6 Å². The van der Waals surface area contributed by atoms with Gasteiger partial charge in [0.05, 0.1) is 17.6 Å². The first-order valence-electron chi connectivity index (χ1n) is 8.02. The van der Waals surface area contributed by atoms with E-state index < -0.39 is 17.2 Å². The molecule has 136 valence electrons. The van der Waals surface area contributed by atoms with E-state index in [0.29, 0.717) is 5.69 Å². The van der Waals surface area contributed by atoms with Crippen molar-refractivity contribution < 1.29 is 8.78 Å². The third-order valence-corrected chi connectivity index (χ3v) is 4.08. The van der Waals surface area contributed by atoms with Gasteiger partial charge in [0.25, 0.3) is 5.56 Å². The molecule has 26 heavy (non-hydrogen) atoms. The van der Waals surface area contributed by atoms with Crippen molar-refractivity contribution >= 4 is 11.6 Å². The quantitative estimate of drug-likeness (QED) is 0.692. The van der Waals surface area contributed by atoms with Crippen molar-refractivity contribution in [3.63, 3.8) is 0 Å². The van der Waals surface area contributed by atoms with Crippen LogP contribution in [0.4, 0.5) is 8.78 Å². The summed E-state index contributed by atoms with van der Waals surface area (Å²) in [5.74, 6) is -1.58. The van der Waals surface area contributed by atoms with Crippen LogP contribution in [-0.4, -0.2) is 19.1 Å². The van der Waals surface area contributed by atoms with Crippen LogP contribution in [-0.2, 0) is 13.6 Å². The Hall–Kier alpha value is -2.54. The number of hydrogen-bond donors (Lipinski definition) is 0. The van der Waals surface area contributed by atoms with Gasteiger partial charge in [-0.2, -0.15) is 0 Å². The molecule has 0 unspecified atom stereocenters. The van der Waals surface area contributed by atoms with Crippen LogP contribution in [0.5, 0.6) is 0 Å². The average molecular weight is 379 g/mol. The zero-order chi connectivity index (χ0) is 19.0. The molecule has 0 saturated heterocycles. The minimum Gasteiger partial charge on any atom is -0.340 e. The van der Waals surface area contributed by atoms with E-state index in [1.807, 2.05) is 13.8 Å². The summed E-state index contributed by atoms with van der Waals surface area (Å²) in [7, 11) is 1.76. The van der Waals surface area contributed by atoms with Gasteiger partial charge in [-0.15, -0.1) is 0 Å². The fourth-order valence-electron chi connectivity index (χ4n) is 2.74. The number of benzene rings is 1. The van der Waals surface area contributed by atoms with Crippen molar-refractivity contribution in [3.05, 3.63) is 57.9 Å². The van der Waals surface area contributed by atoms with Gasteiger partial charge in [-0.05, 0) is 18.1 Å². The first kappa shape index (κ1) is 18.3. The van der Waals surface area contributed by atoms with E-state index in [1.165, 1.54) is 17.0 Å². The van der Waals surface area contributed by atoms with Crippen LogP contribution in [0.3, 0.4) is 0 Å². The van der Waals surface area contributed by atoms with Gasteiger partial charge in [-0.3, -0.25) is 4.79 Å². The average Bonchev–Trinajstić information content (AvgIpc) is 2.98. The van der Waals surface area contributed by atoms with E-state index in [2.05, 4.69) is 9.97 Å². The molecule has 0 aliphatic rings. The van der Waals surface area contributed by atoms with Gasteiger partial charge < -0.3 is 9.13 Å². The maximum absolute atomic E-state index is 14.3. The second-order valence-electron chi connectivity index (χ2n) is 6.43. The standard InChI is InChI=1S/C18H17ClF2N4O/c1-10(2)7-25-16(14-11(20)5-4-6-12(14)21)17(19)23-15(18(25)26)13-8-24(3)9-22-13/h4-6,8-10H,7H2,1-3H3. The number of hydrogen-bond acceptors (Lipinski definition) is 3. The van der Waals surface area contributed by atoms with Gasteiger partial charge in [-0.1, -0.05) is 31.5 Å². The van der Waals surface area contributed by atoms with Gasteiger partial charge in [0.15, 0.2) is 10.8 Å². The number of imidazole rings is 1. The molecule has 3 aromatic rings. The second-order valence-corrected chi connectivity index (χ2v) is 6.79. The van der Waals surface area contributed by atoms with Gasteiger partial charge >= 0.3 is 0 Å². The Morgan fingerprint density at radius 2 is 1.88 bits per heavy atom. The first-order valence-corrected chi connectivity index (χ1v) is 8.40. The van der Waals surface area contributed by atoms with Crippen molar-refractivity contribution in [2.75, 3.05) is 0 Å². The normalized spacial score (nSPS) is 11.3. The van der Waals surface area contributed by atoms with E-state index in [4.69, 9.17) is 11.6 Å². The van der Waals surface area contributed by atoms with Crippen molar-refractivity contribution in [3.8, 4) is 22.6 Å². The lowest BCUT2D eigenvalue weighted by atomic mass is 10.1. The summed E-state index contributed by atoms with van der Waals surface area (Å²) in [6.07, 6.45) is 3.16. The molecule has 0 atom stereocenters. The van der Waals surface area contributed by atoms with Crippen LogP contribution in [0.15, 0.2) is 35.5 Å². The SMILES string of the molecule is CC(C)Cn1c(-c2c(F)cccc2F)c(Cl)nc(-c2cn(C)cn2)c1=O. The second kappa shape index (κ2) is 6.99. The minimum atomic E-state index is -0.809. The summed E-state index contributed by atoms with van der Waals surface area (Å²) in [6, 6.07) is 3.49. The predicted molar refractivity (Wildman–Crippen MR) is 95.9 cm³/mol. The third kappa shape index (κ3) is 3.26. The van der Waals surface area contributed by atoms with Crippen molar-refractivity contribution in [1.82, 2.24) is 19.1 Å². The number of aromatic nitrogens is 4. The molecule has 0 spiro atoms. The van der Waals surface area contributed by atoms with E-state index in [0.717, 1.165) is 12.1 Å². The van der Waals surface area contributed by atoms with Crippen molar-refractivity contribution in [1.29, 1.82) is 0 Å². The summed E-state index contributed by atoms with van der Waals surface area (Å²) in [5.41, 5.74) is -0.551. The number of rotatable bonds is 4. The summed E-state index contributed by atoms with van der Waals surface area (Å²) in [4.78, 5) is 21.3. The molecule has 5 nitrogen and oxygen atoms in total. The summed E-state index contributed by atoms with van der Waals surface area (Å²) in [6.45, 7) is 4.01. The molecule has 0 aliphatic heterocycles. The third-order valence-electron chi connectivity index (χ3n) is 3.82. The maximum atomic E-state index is 14.3. The summed E-state index contributed by atoms with van der Waals surface area (Å²) in [5, 5.41) is -0.157. The highest BCUT2D eigenvalue weighted by Gasteiger charge is 2.24. The van der Waals surface area contributed by atoms with Crippen LogP contribution >= 0.6 is 11.6 Å². The van der Waals surface area contributed by atoms with Crippen molar-refractivity contribution in [2.45, 2.75) is 20.4 Å². The fraction of sp³-hybridized carbons (Fsp3) is 0.278. The molecule has 1 aromatic carbocycles. The maximum Gasteiger partial charge on any atom is 0.279 e. The van der Waals surface area contributed by atoms with E-state index >= 15 is 0 Å².